The second-order valence-corrected chi connectivity index (χ2v) is 6.75. The van der Waals surface area contributed by atoms with Crippen LogP contribution < -0.4 is 10.1 Å². The molecular formula is C18H26N2O2. The van der Waals surface area contributed by atoms with Gasteiger partial charge in [-0.05, 0) is 36.5 Å². The average molecular weight is 302 g/mol. The molecule has 2 aromatic rings. The van der Waals surface area contributed by atoms with Crippen LogP contribution in [0.4, 0.5) is 0 Å². The molecule has 1 N–H and O–H groups in total. The van der Waals surface area contributed by atoms with E-state index in [4.69, 9.17) is 9.15 Å². The molecule has 0 spiro atoms. The maximum Gasteiger partial charge on any atom is 0.198 e. The van der Waals surface area contributed by atoms with E-state index in [1.54, 1.807) is 7.11 Å². The van der Waals surface area contributed by atoms with Crippen molar-refractivity contribution in [2.24, 2.45) is 5.92 Å². The minimum Gasteiger partial charge on any atom is -0.493 e. The van der Waals surface area contributed by atoms with Crippen molar-refractivity contribution in [3.05, 3.63) is 23.6 Å². The predicted octanol–water partition coefficient (Wildman–Crippen LogP) is 4.24. The summed E-state index contributed by atoms with van der Waals surface area (Å²) in [4.78, 5) is 4.60. The molecule has 0 radical (unpaired) electrons. The number of fused-ring (bicyclic) bond motifs is 1. The molecule has 1 aliphatic rings. The van der Waals surface area contributed by atoms with Gasteiger partial charge in [0, 0.05) is 18.5 Å². The summed E-state index contributed by atoms with van der Waals surface area (Å²) >= 11 is 0. The van der Waals surface area contributed by atoms with Crippen LogP contribution in [0.2, 0.25) is 0 Å². The summed E-state index contributed by atoms with van der Waals surface area (Å²) in [7, 11) is 1.68. The molecule has 0 saturated heterocycles. The molecule has 1 heterocycles. The van der Waals surface area contributed by atoms with Crippen LogP contribution in [-0.2, 0) is 6.54 Å². The Hall–Kier alpha value is -1.55. The molecule has 1 aromatic heterocycles. The van der Waals surface area contributed by atoms with Gasteiger partial charge in [-0.3, -0.25) is 0 Å². The molecule has 3 rings (SSSR count). The molecule has 4 nitrogen and oxygen atoms in total. The third kappa shape index (κ3) is 2.98. The van der Waals surface area contributed by atoms with E-state index in [2.05, 4.69) is 43.2 Å². The lowest BCUT2D eigenvalue weighted by molar-refractivity contribution is 0.402. The molecule has 0 amide bonds. The average Bonchev–Trinajstić information content (AvgIpc) is 3.10. The SMILES string of the molecule is COc1cc(CNC2CCCC2C)cc2nc(C(C)C)oc12. The van der Waals surface area contributed by atoms with Crippen LogP contribution in [-0.4, -0.2) is 18.1 Å². The molecule has 2 atom stereocenters. The van der Waals surface area contributed by atoms with Gasteiger partial charge in [0.25, 0.3) is 0 Å². The fraction of sp³-hybridized carbons (Fsp3) is 0.611. The number of hydrogen-bond acceptors (Lipinski definition) is 4. The number of aromatic nitrogens is 1. The summed E-state index contributed by atoms with van der Waals surface area (Å²) in [5.74, 6) is 2.58. The van der Waals surface area contributed by atoms with E-state index >= 15 is 0 Å². The second-order valence-electron chi connectivity index (χ2n) is 6.75. The number of nitrogens with zero attached hydrogens (tertiary/aromatic N) is 1. The minimum absolute atomic E-state index is 0.276. The molecule has 1 saturated carbocycles. The summed E-state index contributed by atoms with van der Waals surface area (Å²) in [5, 5.41) is 3.68. The van der Waals surface area contributed by atoms with E-state index in [1.807, 2.05) is 0 Å². The summed E-state index contributed by atoms with van der Waals surface area (Å²) in [6.45, 7) is 7.36. The number of methoxy groups -OCH3 is 1. The highest BCUT2D eigenvalue weighted by atomic mass is 16.5. The lowest BCUT2D eigenvalue weighted by atomic mass is 10.1. The van der Waals surface area contributed by atoms with Gasteiger partial charge in [-0.2, -0.15) is 0 Å². The van der Waals surface area contributed by atoms with Crippen molar-refractivity contribution in [3.63, 3.8) is 0 Å². The second kappa shape index (κ2) is 6.29. The number of rotatable bonds is 5. The molecular weight excluding hydrogens is 276 g/mol. The van der Waals surface area contributed by atoms with Crippen molar-refractivity contribution in [2.75, 3.05) is 7.11 Å². The zero-order chi connectivity index (χ0) is 15.7. The van der Waals surface area contributed by atoms with Crippen LogP contribution in [0.3, 0.4) is 0 Å². The monoisotopic (exact) mass is 302 g/mol. The summed E-state index contributed by atoms with van der Waals surface area (Å²) < 4.78 is 11.3. The molecule has 0 bridgehead atoms. The molecule has 1 aliphatic carbocycles. The van der Waals surface area contributed by atoms with Crippen molar-refractivity contribution >= 4 is 11.1 Å². The van der Waals surface area contributed by atoms with Crippen LogP contribution in [0.1, 0.15) is 57.4 Å². The molecule has 22 heavy (non-hydrogen) atoms. The maximum absolute atomic E-state index is 5.84. The fourth-order valence-corrected chi connectivity index (χ4v) is 3.27. The van der Waals surface area contributed by atoms with Crippen LogP contribution in [0, 0.1) is 5.92 Å². The van der Waals surface area contributed by atoms with Crippen molar-refractivity contribution in [1.29, 1.82) is 0 Å². The summed E-state index contributed by atoms with van der Waals surface area (Å²) in [6, 6.07) is 4.80. The quantitative estimate of drug-likeness (QED) is 0.897. The van der Waals surface area contributed by atoms with Crippen molar-refractivity contribution in [1.82, 2.24) is 10.3 Å². The first-order chi connectivity index (χ1) is 10.6. The van der Waals surface area contributed by atoms with E-state index in [1.165, 1.54) is 24.8 Å². The number of ether oxygens (including phenoxy) is 1. The van der Waals surface area contributed by atoms with Gasteiger partial charge < -0.3 is 14.5 Å². The smallest absolute Gasteiger partial charge is 0.198 e. The van der Waals surface area contributed by atoms with Crippen LogP contribution in [0.25, 0.3) is 11.1 Å². The van der Waals surface area contributed by atoms with Gasteiger partial charge in [0.15, 0.2) is 17.2 Å². The lowest BCUT2D eigenvalue weighted by Gasteiger charge is -2.17. The third-order valence-corrected chi connectivity index (χ3v) is 4.68. The minimum atomic E-state index is 0.276. The lowest BCUT2D eigenvalue weighted by Crippen LogP contribution is -2.30. The topological polar surface area (TPSA) is 47.3 Å². The van der Waals surface area contributed by atoms with Gasteiger partial charge in [-0.25, -0.2) is 4.98 Å². The van der Waals surface area contributed by atoms with Crippen LogP contribution in [0.15, 0.2) is 16.5 Å². The van der Waals surface area contributed by atoms with E-state index in [9.17, 15) is 0 Å². The van der Waals surface area contributed by atoms with Gasteiger partial charge in [0.2, 0.25) is 0 Å². The number of nitrogens with one attached hydrogen (secondary N) is 1. The van der Waals surface area contributed by atoms with E-state index in [0.717, 1.165) is 35.2 Å². The Balaban J connectivity index is 1.83. The van der Waals surface area contributed by atoms with Crippen LogP contribution >= 0.6 is 0 Å². The zero-order valence-electron chi connectivity index (χ0n) is 14.0. The first kappa shape index (κ1) is 15.3. The van der Waals surface area contributed by atoms with Crippen molar-refractivity contribution < 1.29 is 9.15 Å². The fourth-order valence-electron chi connectivity index (χ4n) is 3.27. The molecule has 4 heteroatoms. The highest BCUT2D eigenvalue weighted by Crippen LogP contribution is 2.31. The number of benzene rings is 1. The van der Waals surface area contributed by atoms with Gasteiger partial charge in [0.1, 0.15) is 5.52 Å². The molecule has 1 aromatic carbocycles. The van der Waals surface area contributed by atoms with Gasteiger partial charge >= 0.3 is 0 Å². The molecule has 120 valence electrons. The van der Waals surface area contributed by atoms with Crippen LogP contribution in [0.5, 0.6) is 5.75 Å². The van der Waals surface area contributed by atoms with Crippen molar-refractivity contribution in [3.8, 4) is 5.75 Å². The number of hydrogen-bond donors (Lipinski definition) is 1. The molecule has 1 fully saturated rings. The Morgan fingerprint density at radius 1 is 1.36 bits per heavy atom. The number of oxazole rings is 1. The first-order valence-electron chi connectivity index (χ1n) is 8.29. The Morgan fingerprint density at radius 3 is 2.82 bits per heavy atom. The van der Waals surface area contributed by atoms with E-state index in [-0.39, 0.29) is 5.92 Å². The highest BCUT2D eigenvalue weighted by molar-refractivity contribution is 5.80. The molecule has 0 aliphatic heterocycles. The Morgan fingerprint density at radius 2 is 2.18 bits per heavy atom. The summed E-state index contributed by atoms with van der Waals surface area (Å²) in [6.07, 6.45) is 3.95. The van der Waals surface area contributed by atoms with Crippen molar-refractivity contribution in [2.45, 2.75) is 58.5 Å². The molecule has 2 unspecified atom stereocenters. The maximum atomic E-state index is 5.84. The summed E-state index contributed by atoms with van der Waals surface area (Å²) in [5.41, 5.74) is 2.84. The van der Waals surface area contributed by atoms with Gasteiger partial charge in [-0.1, -0.05) is 27.2 Å². The third-order valence-electron chi connectivity index (χ3n) is 4.68. The normalized spacial score (nSPS) is 21.9. The Bertz CT molecular complexity index is 648. The zero-order valence-corrected chi connectivity index (χ0v) is 14.0. The highest BCUT2D eigenvalue weighted by Gasteiger charge is 2.23. The van der Waals surface area contributed by atoms with E-state index in [0.29, 0.717) is 6.04 Å². The Labute approximate surface area is 132 Å². The largest absolute Gasteiger partial charge is 0.493 e. The Kier molecular flexibility index (Phi) is 4.39. The standard InChI is InChI=1S/C18H26N2O2/c1-11(2)18-20-15-8-13(9-16(21-4)17(15)22-18)10-19-14-7-5-6-12(14)3/h8-9,11-12,14,19H,5-7,10H2,1-4H3. The van der Waals surface area contributed by atoms with E-state index < -0.39 is 0 Å². The first-order valence-corrected chi connectivity index (χ1v) is 8.29. The predicted molar refractivity (Wildman–Crippen MR) is 88.3 cm³/mol. The van der Waals surface area contributed by atoms with Gasteiger partial charge in [-0.15, -0.1) is 0 Å². The van der Waals surface area contributed by atoms with Gasteiger partial charge in [0.05, 0.1) is 7.11 Å².